The third-order valence-corrected chi connectivity index (χ3v) is 5.57. The van der Waals surface area contributed by atoms with Gasteiger partial charge in [0.2, 0.25) is 10.0 Å². The predicted octanol–water partition coefficient (Wildman–Crippen LogP) is 2.27. The molecule has 1 aliphatic rings. The molecule has 0 aromatic heterocycles. The van der Waals surface area contributed by atoms with Gasteiger partial charge in [-0.3, -0.25) is 0 Å². The molecular weight excluding hydrogens is 295 g/mol. The number of benzene rings is 1. The monoisotopic (exact) mass is 316 g/mol. The van der Waals surface area contributed by atoms with Gasteiger partial charge in [-0.15, -0.1) is 0 Å². The van der Waals surface area contributed by atoms with Crippen molar-refractivity contribution in [2.45, 2.75) is 44.0 Å². The fourth-order valence-electron chi connectivity index (χ4n) is 2.76. The number of ether oxygens (including phenoxy) is 1. The van der Waals surface area contributed by atoms with Crippen LogP contribution in [0.1, 0.15) is 33.1 Å². The fraction of sp³-hybridized carbons (Fsp3) is 0.571. The first-order chi connectivity index (χ1) is 9.67. The smallest absolute Gasteiger partial charge is 0.241 e. The minimum atomic E-state index is -3.81. The van der Waals surface area contributed by atoms with Gasteiger partial charge >= 0.3 is 0 Å². The molecule has 0 spiro atoms. The first-order valence-corrected chi connectivity index (χ1v) is 8.31. The standard InChI is InChI=1S/C14H21FN2O3S/c1-14(2)6-4-5-12(14)17-21(18,19)9-7-10(15)13(20-3)11(16)8-9/h7-8,12,17H,4-6,16H2,1-3H3. The van der Waals surface area contributed by atoms with Crippen LogP contribution in [0, 0.1) is 11.2 Å². The summed E-state index contributed by atoms with van der Waals surface area (Å²) in [5.41, 5.74) is 5.49. The molecule has 5 nitrogen and oxygen atoms in total. The molecule has 1 saturated carbocycles. The SMILES string of the molecule is COc1c(N)cc(S(=O)(=O)NC2CCCC2(C)C)cc1F. The number of hydrogen-bond acceptors (Lipinski definition) is 4. The number of nitrogens with two attached hydrogens (primary N) is 1. The Morgan fingerprint density at radius 2 is 2.10 bits per heavy atom. The zero-order chi connectivity index (χ0) is 15.8. The average molecular weight is 316 g/mol. The van der Waals surface area contributed by atoms with E-state index >= 15 is 0 Å². The van der Waals surface area contributed by atoms with Crippen LogP contribution in [0.15, 0.2) is 17.0 Å². The van der Waals surface area contributed by atoms with E-state index < -0.39 is 15.8 Å². The molecule has 118 valence electrons. The second kappa shape index (κ2) is 5.46. The first-order valence-electron chi connectivity index (χ1n) is 6.83. The van der Waals surface area contributed by atoms with Crippen LogP contribution >= 0.6 is 0 Å². The van der Waals surface area contributed by atoms with Gasteiger partial charge in [-0.1, -0.05) is 20.3 Å². The van der Waals surface area contributed by atoms with Crippen molar-refractivity contribution in [1.29, 1.82) is 0 Å². The molecule has 2 rings (SSSR count). The van der Waals surface area contributed by atoms with E-state index in [1.807, 2.05) is 13.8 Å². The van der Waals surface area contributed by atoms with Crippen molar-refractivity contribution < 1.29 is 17.5 Å². The van der Waals surface area contributed by atoms with E-state index in [1.165, 1.54) is 13.2 Å². The molecule has 7 heteroatoms. The minimum absolute atomic E-state index is 0.0384. The molecule has 1 aromatic carbocycles. The summed E-state index contributed by atoms with van der Waals surface area (Å²) in [7, 11) is -2.53. The lowest BCUT2D eigenvalue weighted by Gasteiger charge is -2.27. The second-order valence-electron chi connectivity index (χ2n) is 6.08. The summed E-state index contributed by atoms with van der Waals surface area (Å²) >= 11 is 0. The van der Waals surface area contributed by atoms with Gasteiger partial charge in [0, 0.05) is 6.04 Å². The van der Waals surface area contributed by atoms with Crippen LogP contribution in [0.4, 0.5) is 10.1 Å². The zero-order valence-corrected chi connectivity index (χ0v) is 13.3. The van der Waals surface area contributed by atoms with Crippen LogP contribution in [0.5, 0.6) is 5.75 Å². The molecule has 1 fully saturated rings. The van der Waals surface area contributed by atoms with Gasteiger partial charge < -0.3 is 10.5 Å². The van der Waals surface area contributed by atoms with Crippen molar-refractivity contribution in [2.24, 2.45) is 5.41 Å². The van der Waals surface area contributed by atoms with Gasteiger partial charge in [0.05, 0.1) is 17.7 Å². The summed E-state index contributed by atoms with van der Waals surface area (Å²) in [6.07, 6.45) is 2.71. The van der Waals surface area contributed by atoms with E-state index in [0.717, 1.165) is 25.3 Å². The molecule has 0 aliphatic heterocycles. The van der Waals surface area contributed by atoms with Crippen molar-refractivity contribution in [3.8, 4) is 5.75 Å². The zero-order valence-electron chi connectivity index (χ0n) is 12.4. The molecule has 0 saturated heterocycles. The number of sulfonamides is 1. The third-order valence-electron chi connectivity index (χ3n) is 4.11. The summed E-state index contributed by atoms with van der Waals surface area (Å²) in [5, 5.41) is 0. The largest absolute Gasteiger partial charge is 0.492 e. The number of methoxy groups -OCH3 is 1. The molecular formula is C14H21FN2O3S. The van der Waals surface area contributed by atoms with Crippen molar-refractivity contribution >= 4 is 15.7 Å². The lowest BCUT2D eigenvalue weighted by Crippen LogP contribution is -2.41. The van der Waals surface area contributed by atoms with Gasteiger partial charge in [-0.25, -0.2) is 17.5 Å². The average Bonchev–Trinajstić information content (AvgIpc) is 2.67. The lowest BCUT2D eigenvalue weighted by atomic mass is 9.88. The highest BCUT2D eigenvalue weighted by atomic mass is 32.2. The maximum absolute atomic E-state index is 13.8. The highest BCUT2D eigenvalue weighted by Crippen LogP contribution is 2.38. The van der Waals surface area contributed by atoms with Crippen LogP contribution in [-0.4, -0.2) is 21.6 Å². The van der Waals surface area contributed by atoms with Crippen LogP contribution < -0.4 is 15.2 Å². The summed E-state index contributed by atoms with van der Waals surface area (Å²) < 4.78 is 46.1. The highest BCUT2D eigenvalue weighted by Gasteiger charge is 2.37. The highest BCUT2D eigenvalue weighted by molar-refractivity contribution is 7.89. The third kappa shape index (κ3) is 3.13. The van der Waals surface area contributed by atoms with E-state index in [1.54, 1.807) is 0 Å². The minimum Gasteiger partial charge on any atom is -0.492 e. The van der Waals surface area contributed by atoms with E-state index in [0.29, 0.717) is 0 Å². The first kappa shape index (κ1) is 16.0. The number of nitrogens with one attached hydrogen (secondary N) is 1. The maximum Gasteiger partial charge on any atom is 0.241 e. The molecule has 1 atom stereocenters. The van der Waals surface area contributed by atoms with Crippen molar-refractivity contribution in [3.05, 3.63) is 17.9 Å². The maximum atomic E-state index is 13.8. The normalized spacial score (nSPS) is 21.4. The van der Waals surface area contributed by atoms with Gasteiger partial charge in [-0.2, -0.15) is 0 Å². The molecule has 1 unspecified atom stereocenters. The number of hydrogen-bond donors (Lipinski definition) is 2. The summed E-state index contributed by atoms with van der Waals surface area (Å²) in [4.78, 5) is -0.180. The van der Waals surface area contributed by atoms with Crippen LogP contribution in [0.2, 0.25) is 0 Å². The Hall–Kier alpha value is -1.34. The molecule has 0 radical (unpaired) electrons. The fourth-order valence-corrected chi connectivity index (χ4v) is 4.25. The van der Waals surface area contributed by atoms with E-state index in [4.69, 9.17) is 10.5 Å². The number of anilines is 1. The Bertz CT molecular complexity index is 621. The Morgan fingerprint density at radius 3 is 2.57 bits per heavy atom. The van der Waals surface area contributed by atoms with Gasteiger partial charge in [0.25, 0.3) is 0 Å². The quantitative estimate of drug-likeness (QED) is 0.835. The van der Waals surface area contributed by atoms with E-state index in [-0.39, 0.29) is 27.8 Å². The van der Waals surface area contributed by atoms with Crippen LogP contribution in [-0.2, 0) is 10.0 Å². The summed E-state index contributed by atoms with van der Waals surface area (Å²) in [5.74, 6) is -0.932. The van der Waals surface area contributed by atoms with Crippen molar-refractivity contribution in [3.63, 3.8) is 0 Å². The summed E-state index contributed by atoms with van der Waals surface area (Å²) in [6, 6.07) is 1.99. The van der Waals surface area contributed by atoms with Gasteiger partial charge in [0.15, 0.2) is 11.6 Å². The van der Waals surface area contributed by atoms with Gasteiger partial charge in [0.1, 0.15) is 0 Å². The lowest BCUT2D eigenvalue weighted by molar-refractivity contribution is 0.313. The molecule has 0 amide bonds. The Labute approximate surface area is 124 Å². The molecule has 0 heterocycles. The number of rotatable bonds is 4. The second-order valence-corrected chi connectivity index (χ2v) is 7.80. The summed E-state index contributed by atoms with van der Waals surface area (Å²) in [6.45, 7) is 4.05. The topological polar surface area (TPSA) is 81.4 Å². The Kier molecular flexibility index (Phi) is 4.17. The van der Waals surface area contributed by atoms with E-state index in [2.05, 4.69) is 4.72 Å². The Morgan fingerprint density at radius 1 is 1.43 bits per heavy atom. The van der Waals surface area contributed by atoms with Crippen molar-refractivity contribution in [1.82, 2.24) is 4.72 Å². The molecule has 1 aromatic rings. The molecule has 21 heavy (non-hydrogen) atoms. The number of halogens is 1. The predicted molar refractivity (Wildman–Crippen MR) is 79.1 cm³/mol. The van der Waals surface area contributed by atoms with Crippen LogP contribution in [0.25, 0.3) is 0 Å². The van der Waals surface area contributed by atoms with Crippen LogP contribution in [0.3, 0.4) is 0 Å². The van der Waals surface area contributed by atoms with Gasteiger partial charge in [-0.05, 0) is 30.4 Å². The molecule has 1 aliphatic carbocycles. The number of nitrogen functional groups attached to an aromatic ring is 1. The molecule has 3 N–H and O–H groups in total. The Balaban J connectivity index is 2.32. The molecule has 0 bridgehead atoms. The van der Waals surface area contributed by atoms with Crippen molar-refractivity contribution in [2.75, 3.05) is 12.8 Å². The van der Waals surface area contributed by atoms with E-state index in [9.17, 15) is 12.8 Å².